The second kappa shape index (κ2) is 6.81. The molecule has 1 aromatic carbocycles. The van der Waals surface area contributed by atoms with E-state index in [-0.39, 0.29) is 0 Å². The maximum Gasteiger partial charge on any atom is 0.238 e. The Morgan fingerprint density at radius 1 is 1.41 bits per heavy atom. The Kier molecular flexibility index (Phi) is 5.36. The molecular weight excluding hydrogens is 218 g/mol. The van der Waals surface area contributed by atoms with Crippen molar-refractivity contribution in [2.75, 3.05) is 0 Å². The highest BCUT2D eigenvalue weighted by molar-refractivity contribution is 5.48. The summed E-state index contributed by atoms with van der Waals surface area (Å²) in [6.07, 6.45) is 3.35. The first-order chi connectivity index (χ1) is 8.15. The van der Waals surface area contributed by atoms with Gasteiger partial charge in [0.25, 0.3) is 0 Å². The monoisotopic (exact) mass is 235 g/mol. The van der Waals surface area contributed by atoms with E-state index in [1.54, 1.807) is 13.0 Å². The Labute approximate surface area is 101 Å². The first-order valence-corrected chi connectivity index (χ1v) is 5.68. The zero-order valence-corrected chi connectivity index (χ0v) is 9.82. The Morgan fingerprint density at radius 3 is 2.59 bits per heavy atom. The van der Waals surface area contributed by atoms with Gasteiger partial charge in [-0.1, -0.05) is 49.4 Å². The fraction of sp³-hybridized carbons (Fsp3) is 0.385. The van der Waals surface area contributed by atoms with E-state index >= 15 is 0 Å². The fourth-order valence-electron chi connectivity index (χ4n) is 1.63. The third-order valence-corrected chi connectivity index (χ3v) is 2.62. The molecule has 0 saturated heterocycles. The minimum atomic E-state index is -0.921. The number of hydrogen-bond acceptors (Lipinski definition) is 3. The average molecular weight is 235 g/mol. The first kappa shape index (κ1) is 13.4. The van der Waals surface area contributed by atoms with E-state index in [0.29, 0.717) is 12.8 Å². The van der Waals surface area contributed by atoms with Crippen LogP contribution in [0, 0.1) is 10.1 Å². The third kappa shape index (κ3) is 4.36. The molecule has 17 heavy (non-hydrogen) atoms. The molecule has 92 valence electrons. The van der Waals surface area contributed by atoms with Gasteiger partial charge in [-0.05, 0) is 12.0 Å². The molecule has 0 aliphatic heterocycles. The molecule has 0 saturated carbocycles. The molecule has 0 aromatic heterocycles. The van der Waals surface area contributed by atoms with Crippen molar-refractivity contribution in [2.24, 2.45) is 0 Å². The SMILES string of the molecule is CC[C@@H]([C@H](O)C/C=C/c1ccccc1)[N+](=O)[O-]. The van der Waals surface area contributed by atoms with Crippen molar-refractivity contribution in [3.8, 4) is 0 Å². The van der Waals surface area contributed by atoms with Crippen LogP contribution >= 0.6 is 0 Å². The fourth-order valence-corrected chi connectivity index (χ4v) is 1.63. The molecule has 0 bridgehead atoms. The van der Waals surface area contributed by atoms with Crippen LogP contribution in [0.5, 0.6) is 0 Å². The van der Waals surface area contributed by atoms with Crippen LogP contribution in [0.2, 0.25) is 0 Å². The minimum Gasteiger partial charge on any atom is -0.386 e. The molecule has 4 nitrogen and oxygen atoms in total. The van der Waals surface area contributed by atoms with Gasteiger partial charge in [0.15, 0.2) is 0 Å². The highest BCUT2D eigenvalue weighted by Crippen LogP contribution is 2.09. The van der Waals surface area contributed by atoms with Crippen LogP contribution in [-0.4, -0.2) is 22.2 Å². The molecule has 1 rings (SSSR count). The Balaban J connectivity index is 2.50. The van der Waals surface area contributed by atoms with Crippen LogP contribution in [0.3, 0.4) is 0 Å². The quantitative estimate of drug-likeness (QED) is 0.608. The van der Waals surface area contributed by atoms with Gasteiger partial charge in [0, 0.05) is 11.3 Å². The summed E-state index contributed by atoms with van der Waals surface area (Å²) in [6, 6.07) is 8.76. The van der Waals surface area contributed by atoms with Gasteiger partial charge >= 0.3 is 0 Å². The lowest BCUT2D eigenvalue weighted by molar-refractivity contribution is -0.534. The Morgan fingerprint density at radius 2 is 2.06 bits per heavy atom. The van der Waals surface area contributed by atoms with Crippen molar-refractivity contribution in [3.63, 3.8) is 0 Å². The predicted molar refractivity (Wildman–Crippen MR) is 67.2 cm³/mol. The Hall–Kier alpha value is -1.68. The number of nitrogens with zero attached hydrogens (tertiary/aromatic N) is 1. The summed E-state index contributed by atoms with van der Waals surface area (Å²) in [6.45, 7) is 1.71. The molecule has 0 fully saturated rings. The van der Waals surface area contributed by atoms with Crippen LogP contribution < -0.4 is 0 Å². The largest absolute Gasteiger partial charge is 0.386 e. The summed E-state index contributed by atoms with van der Waals surface area (Å²) in [5, 5.41) is 20.3. The highest BCUT2D eigenvalue weighted by Gasteiger charge is 2.26. The molecule has 2 atom stereocenters. The van der Waals surface area contributed by atoms with Crippen LogP contribution in [0.1, 0.15) is 25.3 Å². The van der Waals surface area contributed by atoms with E-state index < -0.39 is 17.1 Å². The van der Waals surface area contributed by atoms with Gasteiger partial charge in [-0.25, -0.2) is 0 Å². The van der Waals surface area contributed by atoms with Crippen molar-refractivity contribution in [1.82, 2.24) is 0 Å². The van der Waals surface area contributed by atoms with Crippen LogP contribution in [-0.2, 0) is 0 Å². The number of aliphatic hydroxyl groups is 1. The summed E-state index contributed by atoms with van der Waals surface area (Å²) in [7, 11) is 0. The molecule has 0 aliphatic rings. The molecule has 4 heteroatoms. The summed E-state index contributed by atoms with van der Waals surface area (Å²) >= 11 is 0. The summed E-state index contributed by atoms with van der Waals surface area (Å²) in [5.74, 6) is 0. The number of benzene rings is 1. The number of nitro groups is 1. The second-order valence-electron chi connectivity index (χ2n) is 3.88. The summed E-state index contributed by atoms with van der Waals surface area (Å²) < 4.78 is 0. The normalized spacial score (nSPS) is 14.7. The molecule has 0 aliphatic carbocycles. The maximum absolute atomic E-state index is 10.6. The maximum atomic E-state index is 10.6. The number of rotatable bonds is 6. The van der Waals surface area contributed by atoms with E-state index in [1.807, 2.05) is 36.4 Å². The lowest BCUT2D eigenvalue weighted by Gasteiger charge is -2.12. The third-order valence-electron chi connectivity index (χ3n) is 2.62. The first-order valence-electron chi connectivity index (χ1n) is 5.68. The number of hydrogen-bond donors (Lipinski definition) is 1. The smallest absolute Gasteiger partial charge is 0.238 e. The molecule has 1 aromatic rings. The molecule has 0 unspecified atom stereocenters. The minimum absolute atomic E-state index is 0.300. The van der Waals surface area contributed by atoms with Crippen LogP contribution in [0.25, 0.3) is 6.08 Å². The van der Waals surface area contributed by atoms with Crippen molar-refractivity contribution in [3.05, 3.63) is 52.1 Å². The predicted octanol–water partition coefficient (Wildman–Crippen LogP) is 2.51. The van der Waals surface area contributed by atoms with Crippen LogP contribution in [0.4, 0.5) is 0 Å². The summed E-state index contributed by atoms with van der Waals surface area (Å²) in [5.41, 5.74) is 1.02. The van der Waals surface area contributed by atoms with E-state index in [0.717, 1.165) is 5.56 Å². The molecule has 0 heterocycles. The second-order valence-corrected chi connectivity index (χ2v) is 3.88. The van der Waals surface area contributed by atoms with Gasteiger partial charge in [0.1, 0.15) is 6.10 Å². The van der Waals surface area contributed by atoms with Crippen molar-refractivity contribution >= 4 is 6.08 Å². The van der Waals surface area contributed by atoms with Gasteiger partial charge in [0.05, 0.1) is 0 Å². The van der Waals surface area contributed by atoms with Gasteiger partial charge in [0.2, 0.25) is 6.04 Å². The zero-order chi connectivity index (χ0) is 12.7. The van der Waals surface area contributed by atoms with E-state index in [9.17, 15) is 15.2 Å². The average Bonchev–Trinajstić information content (AvgIpc) is 2.30. The Bertz CT molecular complexity index is 376. The zero-order valence-electron chi connectivity index (χ0n) is 9.82. The van der Waals surface area contributed by atoms with E-state index in [1.165, 1.54) is 0 Å². The lowest BCUT2D eigenvalue weighted by Crippen LogP contribution is -2.32. The molecule has 0 amide bonds. The molecule has 0 radical (unpaired) electrons. The topological polar surface area (TPSA) is 63.4 Å². The van der Waals surface area contributed by atoms with Crippen molar-refractivity contribution in [1.29, 1.82) is 0 Å². The van der Waals surface area contributed by atoms with E-state index in [2.05, 4.69) is 0 Å². The highest BCUT2D eigenvalue weighted by atomic mass is 16.6. The number of aliphatic hydroxyl groups excluding tert-OH is 1. The molecule has 0 spiro atoms. The van der Waals surface area contributed by atoms with Gasteiger partial charge in [-0.2, -0.15) is 0 Å². The van der Waals surface area contributed by atoms with E-state index in [4.69, 9.17) is 0 Å². The standard InChI is InChI=1S/C13H17NO3/c1-2-12(14(16)17)13(15)10-6-9-11-7-4-3-5-8-11/h3-9,12-13,15H,2,10H2,1H3/b9-6+/t12-,13+/m0/s1. The van der Waals surface area contributed by atoms with Crippen LogP contribution in [0.15, 0.2) is 36.4 Å². The van der Waals surface area contributed by atoms with Crippen molar-refractivity contribution in [2.45, 2.75) is 31.9 Å². The van der Waals surface area contributed by atoms with Gasteiger partial charge < -0.3 is 5.11 Å². The summed E-state index contributed by atoms with van der Waals surface area (Å²) in [4.78, 5) is 10.2. The molecular formula is C13H17NO3. The van der Waals surface area contributed by atoms with Gasteiger partial charge in [-0.3, -0.25) is 10.1 Å². The lowest BCUT2D eigenvalue weighted by atomic mass is 10.1. The van der Waals surface area contributed by atoms with Gasteiger partial charge in [-0.15, -0.1) is 0 Å². The molecule has 1 N–H and O–H groups in total. The van der Waals surface area contributed by atoms with Crippen molar-refractivity contribution < 1.29 is 10.0 Å².